The number of rotatable bonds is 14. The minimum atomic E-state index is -0.972. The number of alkyl halides is 2. The van der Waals surface area contributed by atoms with Gasteiger partial charge >= 0.3 is 0 Å². The predicted molar refractivity (Wildman–Crippen MR) is 186 cm³/mol. The number of carbonyl (C=O) groups excluding carboxylic acids is 1. The average molecular weight is 687 g/mol. The van der Waals surface area contributed by atoms with Crippen molar-refractivity contribution in [3.8, 4) is 22.5 Å². The number of aromatic nitrogens is 4. The summed E-state index contributed by atoms with van der Waals surface area (Å²) in [6.07, 6.45) is 8.58. The lowest BCUT2D eigenvalue weighted by Gasteiger charge is -2.31. The van der Waals surface area contributed by atoms with Crippen LogP contribution in [0.1, 0.15) is 88.4 Å². The fourth-order valence-electron chi connectivity index (χ4n) is 7.75. The van der Waals surface area contributed by atoms with E-state index in [0.29, 0.717) is 53.2 Å². The fraction of sp³-hybridized carbons (Fsp3) is 0.488. The first-order valence-electron chi connectivity index (χ1n) is 18.3. The van der Waals surface area contributed by atoms with Crippen molar-refractivity contribution in [1.82, 2.24) is 20.4 Å². The molecule has 2 atom stereocenters. The molecule has 2 aliphatic rings. The number of hydrogen-bond donors (Lipinski definition) is 0. The van der Waals surface area contributed by atoms with E-state index >= 15 is 8.78 Å². The molecule has 0 spiro atoms. The van der Waals surface area contributed by atoms with Gasteiger partial charge in [-0.3, -0.25) is 4.79 Å². The van der Waals surface area contributed by atoms with Crippen LogP contribution in [0.15, 0.2) is 72.8 Å². The third-order valence-electron chi connectivity index (χ3n) is 11.0. The van der Waals surface area contributed by atoms with Gasteiger partial charge in [0.05, 0.1) is 22.8 Å². The van der Waals surface area contributed by atoms with Crippen LogP contribution in [-0.4, -0.2) is 38.5 Å². The van der Waals surface area contributed by atoms with Crippen LogP contribution in [0.4, 0.5) is 17.6 Å². The van der Waals surface area contributed by atoms with Crippen LogP contribution < -0.4 is 0 Å². The number of halogens is 4. The summed E-state index contributed by atoms with van der Waals surface area (Å²) in [7, 11) is 0. The van der Waals surface area contributed by atoms with Gasteiger partial charge < -0.3 is 0 Å². The van der Waals surface area contributed by atoms with Gasteiger partial charge in [-0.15, -0.1) is 0 Å². The van der Waals surface area contributed by atoms with Crippen molar-refractivity contribution in [2.75, 3.05) is 0 Å². The van der Waals surface area contributed by atoms with Gasteiger partial charge in [-0.2, -0.15) is 20.4 Å². The van der Waals surface area contributed by atoms with Gasteiger partial charge in [-0.1, -0.05) is 25.7 Å². The summed E-state index contributed by atoms with van der Waals surface area (Å²) < 4.78 is 56.8. The first-order chi connectivity index (χ1) is 24.3. The van der Waals surface area contributed by atoms with Crippen LogP contribution in [0.2, 0.25) is 0 Å². The Kier molecular flexibility index (Phi) is 12.4. The first-order valence-corrected chi connectivity index (χ1v) is 18.3. The molecule has 4 aromatic rings. The van der Waals surface area contributed by atoms with Crippen LogP contribution in [0.25, 0.3) is 22.5 Å². The second-order valence-electron chi connectivity index (χ2n) is 14.5. The summed E-state index contributed by atoms with van der Waals surface area (Å²) in [5, 5.41) is 16.9. The van der Waals surface area contributed by atoms with Gasteiger partial charge in [0.15, 0.2) is 0 Å². The van der Waals surface area contributed by atoms with Gasteiger partial charge in [-0.05, 0) is 135 Å². The molecule has 2 saturated carbocycles. The number of nitrogens with zero attached hydrogens (tertiary/aromatic N) is 4. The van der Waals surface area contributed by atoms with Crippen molar-refractivity contribution < 1.29 is 22.4 Å². The summed E-state index contributed by atoms with van der Waals surface area (Å²) in [6, 6.07) is 19.3. The Balaban J connectivity index is 0.833. The van der Waals surface area contributed by atoms with E-state index in [1.54, 1.807) is 48.5 Å². The molecule has 6 rings (SSSR count). The predicted octanol–water partition coefficient (Wildman–Crippen LogP) is 10.1. The van der Waals surface area contributed by atoms with Gasteiger partial charge in [-0.25, -0.2) is 17.6 Å². The maximum absolute atomic E-state index is 15.2. The SMILES string of the molecule is O=C(CCC1CCC(C(F)Cc2ccc(-c3ccc(F)cc3)nn2)CC1)CCC1CCC(C(F)Cc2ccc(-c3ccc(F)cc3)nn2)CC1. The normalized spacial score (nSPS) is 22.2. The Hall–Kier alpha value is -4.01. The smallest absolute Gasteiger partial charge is 0.132 e. The molecular formula is C41H46F4N4O. The average Bonchev–Trinajstić information content (AvgIpc) is 3.15. The fourth-order valence-corrected chi connectivity index (χ4v) is 7.75. The summed E-state index contributed by atoms with van der Waals surface area (Å²) >= 11 is 0. The van der Waals surface area contributed by atoms with E-state index in [9.17, 15) is 13.6 Å². The molecule has 0 radical (unpaired) electrons. The quantitative estimate of drug-likeness (QED) is 0.124. The Morgan fingerprint density at radius 3 is 1.26 bits per heavy atom. The van der Waals surface area contributed by atoms with Gasteiger partial charge in [0.25, 0.3) is 0 Å². The Morgan fingerprint density at radius 2 is 0.920 bits per heavy atom. The second kappa shape index (κ2) is 17.3. The first kappa shape index (κ1) is 35.8. The number of benzene rings is 2. The van der Waals surface area contributed by atoms with Crippen LogP contribution in [0.3, 0.4) is 0 Å². The van der Waals surface area contributed by atoms with Crippen molar-refractivity contribution in [3.05, 3.63) is 95.8 Å². The highest BCUT2D eigenvalue weighted by atomic mass is 19.1. The lowest BCUT2D eigenvalue weighted by Crippen LogP contribution is -2.25. The van der Waals surface area contributed by atoms with Crippen molar-refractivity contribution in [3.63, 3.8) is 0 Å². The molecule has 2 aromatic carbocycles. The summed E-state index contributed by atoms with van der Waals surface area (Å²) in [4.78, 5) is 12.8. The van der Waals surface area contributed by atoms with E-state index in [0.717, 1.165) is 75.3 Å². The zero-order valence-corrected chi connectivity index (χ0v) is 28.5. The number of hydrogen-bond acceptors (Lipinski definition) is 5. The molecule has 50 heavy (non-hydrogen) atoms. The Morgan fingerprint density at radius 1 is 0.540 bits per heavy atom. The molecule has 5 nitrogen and oxygen atoms in total. The molecule has 0 aliphatic heterocycles. The molecule has 2 heterocycles. The van der Waals surface area contributed by atoms with E-state index in [2.05, 4.69) is 20.4 Å². The topological polar surface area (TPSA) is 68.6 Å². The van der Waals surface area contributed by atoms with E-state index in [1.165, 1.54) is 24.3 Å². The Bertz CT molecular complexity index is 1510. The molecular weight excluding hydrogens is 640 g/mol. The molecule has 264 valence electrons. The van der Waals surface area contributed by atoms with Gasteiger partial charge in [0.2, 0.25) is 0 Å². The van der Waals surface area contributed by atoms with E-state index < -0.39 is 12.3 Å². The van der Waals surface area contributed by atoms with E-state index in [-0.39, 0.29) is 36.3 Å². The highest BCUT2D eigenvalue weighted by Crippen LogP contribution is 2.37. The lowest BCUT2D eigenvalue weighted by molar-refractivity contribution is -0.119. The zero-order chi connectivity index (χ0) is 34.9. The lowest BCUT2D eigenvalue weighted by atomic mass is 9.76. The van der Waals surface area contributed by atoms with Crippen LogP contribution in [-0.2, 0) is 17.6 Å². The Labute approximate surface area is 292 Å². The third kappa shape index (κ3) is 10.0. The van der Waals surface area contributed by atoms with E-state index in [1.807, 2.05) is 0 Å². The van der Waals surface area contributed by atoms with Crippen molar-refractivity contribution in [2.45, 2.75) is 102 Å². The van der Waals surface area contributed by atoms with E-state index in [4.69, 9.17) is 0 Å². The number of Topliss-reactive ketones (excluding diaryl/α,β-unsaturated/α-hetero) is 1. The standard InChI is InChI=1S/C41H46F4N4O/c42-33-15-11-31(12-16-33)40-23-19-35(46-48-40)25-38(44)29-7-1-27(2-8-29)5-21-37(50)22-6-28-3-9-30(10-4-28)39(45)26-36-20-24-41(49-47-36)32-13-17-34(43)18-14-32/h11-20,23-24,27-30,38-39H,1-10,21-22,25-26H2. The highest BCUT2D eigenvalue weighted by molar-refractivity contribution is 5.78. The molecule has 0 saturated heterocycles. The summed E-state index contributed by atoms with van der Waals surface area (Å²) in [5.74, 6) is 0.638. The summed E-state index contributed by atoms with van der Waals surface area (Å²) in [5.41, 5.74) is 4.04. The van der Waals surface area contributed by atoms with Crippen LogP contribution >= 0.6 is 0 Å². The minimum Gasteiger partial charge on any atom is -0.300 e. The number of ketones is 1. The minimum absolute atomic E-state index is 0.000807. The van der Waals surface area contributed by atoms with Crippen molar-refractivity contribution >= 4 is 5.78 Å². The van der Waals surface area contributed by atoms with Crippen molar-refractivity contribution in [2.24, 2.45) is 23.7 Å². The third-order valence-corrected chi connectivity index (χ3v) is 11.0. The van der Waals surface area contributed by atoms with Gasteiger partial charge in [0, 0.05) is 36.8 Å². The van der Waals surface area contributed by atoms with Crippen LogP contribution in [0, 0.1) is 35.3 Å². The molecule has 0 bridgehead atoms. The molecule has 2 fully saturated rings. The molecule has 2 unspecified atom stereocenters. The molecule has 2 aromatic heterocycles. The second-order valence-corrected chi connectivity index (χ2v) is 14.5. The van der Waals surface area contributed by atoms with Crippen molar-refractivity contribution in [1.29, 1.82) is 0 Å². The molecule has 0 amide bonds. The molecule has 2 aliphatic carbocycles. The largest absolute Gasteiger partial charge is 0.300 e. The maximum Gasteiger partial charge on any atom is 0.132 e. The molecule has 0 N–H and O–H groups in total. The monoisotopic (exact) mass is 686 g/mol. The number of carbonyl (C=O) groups is 1. The summed E-state index contributed by atoms with van der Waals surface area (Å²) in [6.45, 7) is 0. The van der Waals surface area contributed by atoms with Crippen LogP contribution in [0.5, 0.6) is 0 Å². The molecule has 9 heteroatoms. The van der Waals surface area contributed by atoms with Gasteiger partial charge in [0.1, 0.15) is 29.8 Å². The highest BCUT2D eigenvalue weighted by Gasteiger charge is 2.30. The zero-order valence-electron chi connectivity index (χ0n) is 28.5. The maximum atomic E-state index is 15.2.